The third kappa shape index (κ3) is 2.27. The van der Waals surface area contributed by atoms with E-state index in [0.717, 1.165) is 16.7 Å². The summed E-state index contributed by atoms with van der Waals surface area (Å²) < 4.78 is 0. The Balaban J connectivity index is 1.89. The van der Waals surface area contributed by atoms with Crippen molar-refractivity contribution in [3.63, 3.8) is 0 Å². The number of ketones is 1. The lowest BCUT2D eigenvalue weighted by Gasteiger charge is -2.34. The van der Waals surface area contributed by atoms with Crippen molar-refractivity contribution in [3.05, 3.63) is 94.5 Å². The minimum absolute atomic E-state index is 0.217. The molecule has 24 heavy (non-hydrogen) atoms. The summed E-state index contributed by atoms with van der Waals surface area (Å²) >= 11 is 5.94. The van der Waals surface area contributed by atoms with Gasteiger partial charge in [0.2, 0.25) is 0 Å². The Labute approximate surface area is 145 Å². The highest BCUT2D eigenvalue weighted by molar-refractivity contribution is 6.30. The summed E-state index contributed by atoms with van der Waals surface area (Å²) in [5.41, 5.74) is 2.29. The number of carbonyl (C=O) groups is 1. The molecular weight excluding hydrogens is 320 g/mol. The molecule has 1 atom stereocenters. The van der Waals surface area contributed by atoms with Crippen LogP contribution in [0.2, 0.25) is 5.02 Å². The Bertz CT molecular complexity index is 931. The second kappa shape index (κ2) is 5.59. The normalized spacial score (nSPS) is 18.8. The molecule has 118 valence electrons. The van der Waals surface area contributed by atoms with Crippen LogP contribution in [0.15, 0.2) is 72.8 Å². The van der Waals surface area contributed by atoms with E-state index in [9.17, 15) is 9.90 Å². The first-order valence-electron chi connectivity index (χ1n) is 7.80. The summed E-state index contributed by atoms with van der Waals surface area (Å²) in [6, 6.07) is 22.2. The summed E-state index contributed by atoms with van der Waals surface area (Å²) in [5.74, 6) is -0.258. The van der Waals surface area contributed by atoms with Gasteiger partial charge in [-0.05, 0) is 34.4 Å². The minimum Gasteiger partial charge on any atom is -0.377 e. The molecule has 4 rings (SSSR count). The molecule has 0 heterocycles. The van der Waals surface area contributed by atoms with Gasteiger partial charge in [-0.15, -0.1) is 0 Å². The molecule has 3 aromatic carbocycles. The van der Waals surface area contributed by atoms with Gasteiger partial charge < -0.3 is 5.11 Å². The summed E-state index contributed by atoms with van der Waals surface area (Å²) in [5, 5.41) is 12.0. The predicted molar refractivity (Wildman–Crippen MR) is 95.3 cm³/mol. The molecule has 3 aromatic rings. The number of hydrogen-bond donors (Lipinski definition) is 1. The zero-order valence-corrected chi connectivity index (χ0v) is 13.6. The third-order valence-electron chi connectivity index (χ3n) is 4.58. The summed E-state index contributed by atoms with van der Waals surface area (Å²) in [4.78, 5) is 13.1. The number of fused-ring (bicyclic) bond motifs is 3. The van der Waals surface area contributed by atoms with Crippen LogP contribution in [0.25, 0.3) is 11.1 Å². The molecule has 1 aliphatic carbocycles. The van der Waals surface area contributed by atoms with Crippen molar-refractivity contribution >= 4 is 17.4 Å². The molecule has 0 amide bonds. The fourth-order valence-corrected chi connectivity index (χ4v) is 3.54. The zero-order valence-electron chi connectivity index (χ0n) is 12.9. The Hall–Kier alpha value is -2.42. The van der Waals surface area contributed by atoms with Crippen LogP contribution in [0, 0.1) is 0 Å². The van der Waals surface area contributed by atoms with E-state index < -0.39 is 5.60 Å². The van der Waals surface area contributed by atoms with Crippen LogP contribution in [-0.4, -0.2) is 10.9 Å². The van der Waals surface area contributed by atoms with Gasteiger partial charge >= 0.3 is 0 Å². The highest BCUT2D eigenvalue weighted by Crippen LogP contribution is 2.43. The molecule has 1 aliphatic rings. The smallest absolute Gasteiger partial charge is 0.199 e. The molecule has 0 spiro atoms. The van der Waals surface area contributed by atoms with E-state index in [2.05, 4.69) is 0 Å². The molecular formula is C21H15ClO2. The van der Waals surface area contributed by atoms with Crippen LogP contribution in [0.1, 0.15) is 21.5 Å². The standard InChI is InChI=1S/C21H15ClO2/c22-15-11-9-14(10-12-15)13-21(24)19-8-4-3-6-17(19)16-5-1-2-7-18(16)20(21)23/h1-12,24H,13H2. The Morgan fingerprint density at radius 2 is 1.38 bits per heavy atom. The second-order valence-corrected chi connectivity index (χ2v) is 6.52. The number of Topliss-reactive ketones (excluding diaryl/α,β-unsaturated/α-hetero) is 1. The maximum absolute atomic E-state index is 13.1. The van der Waals surface area contributed by atoms with Crippen molar-refractivity contribution in [1.82, 2.24) is 0 Å². The first kappa shape index (κ1) is 15.1. The van der Waals surface area contributed by atoms with Crippen LogP contribution in [0.4, 0.5) is 0 Å². The van der Waals surface area contributed by atoms with E-state index in [1.54, 1.807) is 18.2 Å². The zero-order chi connectivity index (χ0) is 16.7. The van der Waals surface area contributed by atoms with Crippen LogP contribution in [0.3, 0.4) is 0 Å². The predicted octanol–water partition coefficient (Wildman–Crippen LogP) is 4.63. The van der Waals surface area contributed by atoms with Crippen molar-refractivity contribution in [2.75, 3.05) is 0 Å². The minimum atomic E-state index is -1.57. The van der Waals surface area contributed by atoms with Crippen molar-refractivity contribution in [2.24, 2.45) is 0 Å². The molecule has 0 saturated carbocycles. The lowest BCUT2D eigenvalue weighted by atomic mass is 9.72. The van der Waals surface area contributed by atoms with Gasteiger partial charge in [0.1, 0.15) is 0 Å². The van der Waals surface area contributed by atoms with Gasteiger partial charge in [-0.2, -0.15) is 0 Å². The van der Waals surface area contributed by atoms with Gasteiger partial charge in [-0.3, -0.25) is 4.79 Å². The van der Waals surface area contributed by atoms with E-state index in [-0.39, 0.29) is 12.2 Å². The average Bonchev–Trinajstić information content (AvgIpc) is 2.62. The number of hydrogen-bond acceptors (Lipinski definition) is 2. The fourth-order valence-electron chi connectivity index (χ4n) is 3.41. The van der Waals surface area contributed by atoms with Gasteiger partial charge in [-0.25, -0.2) is 0 Å². The van der Waals surface area contributed by atoms with E-state index in [1.165, 1.54) is 0 Å². The van der Waals surface area contributed by atoms with Gasteiger partial charge in [0, 0.05) is 17.0 Å². The van der Waals surface area contributed by atoms with E-state index in [0.29, 0.717) is 16.1 Å². The van der Waals surface area contributed by atoms with Crippen LogP contribution >= 0.6 is 11.6 Å². The topological polar surface area (TPSA) is 37.3 Å². The van der Waals surface area contributed by atoms with Crippen molar-refractivity contribution in [2.45, 2.75) is 12.0 Å². The van der Waals surface area contributed by atoms with Gasteiger partial charge in [-0.1, -0.05) is 72.3 Å². The van der Waals surface area contributed by atoms with Gasteiger partial charge in [0.05, 0.1) is 0 Å². The average molecular weight is 335 g/mol. The fraction of sp³-hybridized carbons (Fsp3) is 0.0952. The summed E-state index contributed by atoms with van der Waals surface area (Å²) in [7, 11) is 0. The van der Waals surface area contributed by atoms with Crippen LogP contribution in [0.5, 0.6) is 0 Å². The van der Waals surface area contributed by atoms with Gasteiger partial charge in [0.15, 0.2) is 11.4 Å². The highest BCUT2D eigenvalue weighted by atomic mass is 35.5. The maximum Gasteiger partial charge on any atom is 0.199 e. The lowest BCUT2D eigenvalue weighted by molar-refractivity contribution is 0.0293. The van der Waals surface area contributed by atoms with E-state index in [1.807, 2.05) is 54.6 Å². The molecule has 0 aliphatic heterocycles. The number of carbonyl (C=O) groups excluding carboxylic acids is 1. The van der Waals surface area contributed by atoms with Crippen molar-refractivity contribution in [1.29, 1.82) is 0 Å². The van der Waals surface area contributed by atoms with E-state index >= 15 is 0 Å². The summed E-state index contributed by atoms with van der Waals surface area (Å²) in [6.07, 6.45) is 0.217. The molecule has 1 N–H and O–H groups in total. The monoisotopic (exact) mass is 334 g/mol. The van der Waals surface area contributed by atoms with Crippen LogP contribution < -0.4 is 0 Å². The van der Waals surface area contributed by atoms with E-state index in [4.69, 9.17) is 11.6 Å². The number of benzene rings is 3. The molecule has 0 saturated heterocycles. The molecule has 0 radical (unpaired) electrons. The largest absolute Gasteiger partial charge is 0.377 e. The maximum atomic E-state index is 13.1. The second-order valence-electron chi connectivity index (χ2n) is 6.08. The first-order chi connectivity index (χ1) is 11.6. The summed E-state index contributed by atoms with van der Waals surface area (Å²) in [6.45, 7) is 0. The molecule has 1 unspecified atom stereocenters. The lowest BCUT2D eigenvalue weighted by Crippen LogP contribution is -2.41. The molecule has 0 bridgehead atoms. The van der Waals surface area contributed by atoms with Crippen molar-refractivity contribution in [3.8, 4) is 11.1 Å². The van der Waals surface area contributed by atoms with Crippen molar-refractivity contribution < 1.29 is 9.90 Å². The number of rotatable bonds is 2. The molecule has 3 heteroatoms. The SMILES string of the molecule is O=C1c2ccccc2-c2ccccc2C1(O)Cc1ccc(Cl)cc1. The molecule has 0 fully saturated rings. The van der Waals surface area contributed by atoms with Crippen LogP contribution in [-0.2, 0) is 12.0 Å². The van der Waals surface area contributed by atoms with Gasteiger partial charge in [0.25, 0.3) is 0 Å². The third-order valence-corrected chi connectivity index (χ3v) is 4.84. The number of aliphatic hydroxyl groups is 1. The Kier molecular flexibility index (Phi) is 3.52. The Morgan fingerprint density at radius 1 is 0.792 bits per heavy atom. The first-order valence-corrected chi connectivity index (χ1v) is 8.18. The Morgan fingerprint density at radius 3 is 2.08 bits per heavy atom. The molecule has 0 aromatic heterocycles. The highest BCUT2D eigenvalue weighted by Gasteiger charge is 2.44. The number of halogens is 1. The molecule has 2 nitrogen and oxygen atoms in total. The quantitative estimate of drug-likeness (QED) is 0.741.